The summed E-state index contributed by atoms with van der Waals surface area (Å²) in [5.74, 6) is 0. The number of hydrogen-bond acceptors (Lipinski definition) is 0. The quantitative estimate of drug-likeness (QED) is 0.419. The predicted molar refractivity (Wildman–Crippen MR) is 35.7 cm³/mol. The van der Waals surface area contributed by atoms with Crippen LogP contribution in [0.25, 0.3) is 16.6 Å². The van der Waals surface area contributed by atoms with Gasteiger partial charge in [-0.25, -0.2) is 0 Å². The van der Waals surface area contributed by atoms with Gasteiger partial charge in [-0.1, -0.05) is 18.2 Å². The molecule has 0 fully saturated rings. The van der Waals surface area contributed by atoms with Gasteiger partial charge in [0, 0.05) is 5.39 Å². The van der Waals surface area contributed by atoms with E-state index in [4.69, 9.17) is 0 Å². The van der Waals surface area contributed by atoms with Crippen molar-refractivity contribution < 1.29 is 0 Å². The highest BCUT2D eigenvalue weighted by molar-refractivity contribution is 5.99. The molecule has 0 amide bonds. The van der Waals surface area contributed by atoms with Gasteiger partial charge >= 0.3 is 0 Å². The van der Waals surface area contributed by atoms with E-state index >= 15 is 0 Å². The minimum absolute atomic E-state index is 1.28. The molecule has 2 aliphatic heterocycles. The maximum atomic E-state index is 3.12. The van der Waals surface area contributed by atoms with E-state index in [2.05, 4.69) is 35.0 Å². The normalized spacial score (nSPS) is 12.4. The summed E-state index contributed by atoms with van der Waals surface area (Å²) < 4.78 is 2.08. The molecule has 1 aromatic rings. The van der Waals surface area contributed by atoms with Gasteiger partial charge in [0.15, 0.2) is 0 Å². The molecule has 1 nitrogen and oxygen atoms in total. The van der Waals surface area contributed by atoms with Crippen LogP contribution in [-0.2, 0) is 0 Å². The van der Waals surface area contributed by atoms with E-state index in [0.717, 1.165) is 0 Å². The Morgan fingerprint density at radius 3 is 3.00 bits per heavy atom. The summed E-state index contributed by atoms with van der Waals surface area (Å²) in [5.41, 5.74) is 2.60. The molecular formula is C8H4N. The van der Waals surface area contributed by atoms with Crippen LogP contribution in [-0.4, -0.2) is 4.57 Å². The van der Waals surface area contributed by atoms with E-state index in [1.54, 1.807) is 0 Å². The summed E-state index contributed by atoms with van der Waals surface area (Å²) in [4.78, 5) is 0. The molecule has 1 aromatic carbocycles. The van der Waals surface area contributed by atoms with Crippen LogP contribution in [0.2, 0.25) is 0 Å². The topological polar surface area (TPSA) is 4.93 Å². The van der Waals surface area contributed by atoms with Gasteiger partial charge in [0.1, 0.15) is 0 Å². The number of para-hydroxylation sites is 1. The molecular weight excluding hydrogens is 110 g/mol. The first-order valence-corrected chi connectivity index (χ1v) is 3.00. The summed E-state index contributed by atoms with van der Waals surface area (Å²) in [7, 11) is 0. The molecule has 0 N–H and O–H groups in total. The fraction of sp³-hybridized carbons (Fsp3) is 0. The van der Waals surface area contributed by atoms with Crippen molar-refractivity contribution in [2.75, 3.05) is 0 Å². The Morgan fingerprint density at radius 2 is 2.11 bits per heavy atom. The fourth-order valence-corrected chi connectivity index (χ4v) is 1.26. The van der Waals surface area contributed by atoms with Gasteiger partial charge in [-0.15, -0.1) is 0 Å². The summed E-state index contributed by atoms with van der Waals surface area (Å²) in [6, 6.07) is 8.35. The second-order valence-electron chi connectivity index (χ2n) is 2.31. The summed E-state index contributed by atoms with van der Waals surface area (Å²) in [6.45, 7) is 0. The molecule has 2 heterocycles. The smallest absolute Gasteiger partial charge is 0.0976 e. The highest BCUT2D eigenvalue weighted by Gasteiger charge is 2.21. The third-order valence-corrected chi connectivity index (χ3v) is 1.79. The summed E-state index contributed by atoms with van der Waals surface area (Å²) in [6.07, 6.45) is 3.12. The van der Waals surface area contributed by atoms with Crippen LogP contribution >= 0.6 is 0 Å². The fourth-order valence-electron chi connectivity index (χ4n) is 1.26. The standard InChI is InChI=1S/C8H4N/c1-2-4-7-6(3-1)8-5-9(7)8/h1-4H. The first-order chi connectivity index (χ1) is 4.47. The van der Waals surface area contributed by atoms with Crippen LogP contribution in [0.1, 0.15) is 0 Å². The van der Waals surface area contributed by atoms with E-state index in [-0.39, 0.29) is 0 Å². The van der Waals surface area contributed by atoms with Gasteiger partial charge in [0.05, 0.1) is 17.4 Å². The van der Waals surface area contributed by atoms with Gasteiger partial charge < -0.3 is 4.57 Å². The Hall–Kier alpha value is -1.24. The molecule has 0 bridgehead atoms. The van der Waals surface area contributed by atoms with E-state index < -0.39 is 0 Å². The molecule has 3 rings (SSSR count). The van der Waals surface area contributed by atoms with Crippen molar-refractivity contribution in [2.45, 2.75) is 0 Å². The van der Waals surface area contributed by atoms with Crippen molar-refractivity contribution in [3.63, 3.8) is 0 Å². The van der Waals surface area contributed by atoms with E-state index in [0.29, 0.717) is 0 Å². The van der Waals surface area contributed by atoms with Crippen molar-refractivity contribution in [1.29, 1.82) is 0 Å². The van der Waals surface area contributed by atoms with Crippen LogP contribution in [0.3, 0.4) is 0 Å². The Bertz CT molecular complexity index is 348. The molecule has 0 aromatic heterocycles. The van der Waals surface area contributed by atoms with Crippen molar-refractivity contribution in [2.24, 2.45) is 0 Å². The average Bonchev–Trinajstić information content (AvgIpc) is 2.58. The maximum absolute atomic E-state index is 3.12. The lowest BCUT2D eigenvalue weighted by Crippen LogP contribution is -1.84. The zero-order valence-electron chi connectivity index (χ0n) is 4.76. The number of nitrogens with zero attached hydrogens (tertiary/aromatic N) is 1. The molecule has 1 radical (unpaired) electrons. The highest BCUT2D eigenvalue weighted by atomic mass is 15.1. The molecule has 0 unspecified atom stereocenters. The number of benzene rings is 1. The lowest BCUT2D eigenvalue weighted by atomic mass is 10.2. The molecule has 2 aliphatic rings. The number of hydrogen-bond donors (Lipinski definition) is 0. The largest absolute Gasteiger partial charge is 0.303 e. The molecule has 41 valence electrons. The molecule has 0 spiro atoms. The molecule has 0 saturated heterocycles. The minimum Gasteiger partial charge on any atom is -0.303 e. The minimum atomic E-state index is 1.28. The third kappa shape index (κ3) is 0.271. The van der Waals surface area contributed by atoms with Crippen molar-refractivity contribution in [3.05, 3.63) is 30.5 Å². The SMILES string of the molecule is [c]1c2c3ccccc3n1-2. The van der Waals surface area contributed by atoms with E-state index in [1.807, 2.05) is 0 Å². The lowest BCUT2D eigenvalue weighted by molar-refractivity contribution is 1.30. The number of aromatic nitrogens is 1. The first-order valence-electron chi connectivity index (χ1n) is 3.00. The first kappa shape index (κ1) is 3.72. The van der Waals surface area contributed by atoms with Crippen LogP contribution in [0.5, 0.6) is 0 Å². The molecule has 0 atom stereocenters. The monoisotopic (exact) mass is 114 g/mol. The van der Waals surface area contributed by atoms with E-state index in [1.165, 1.54) is 16.6 Å². The van der Waals surface area contributed by atoms with Crippen LogP contribution < -0.4 is 0 Å². The van der Waals surface area contributed by atoms with Gasteiger partial charge in [-0.3, -0.25) is 0 Å². The Balaban J connectivity index is 2.69. The van der Waals surface area contributed by atoms with Crippen LogP contribution in [0, 0.1) is 6.20 Å². The lowest BCUT2D eigenvalue weighted by Gasteiger charge is -2.01. The Labute approximate surface area is 52.5 Å². The zero-order valence-corrected chi connectivity index (χ0v) is 4.76. The average molecular weight is 114 g/mol. The summed E-state index contributed by atoms with van der Waals surface area (Å²) >= 11 is 0. The molecule has 9 heavy (non-hydrogen) atoms. The Morgan fingerprint density at radius 1 is 1.22 bits per heavy atom. The number of fused-ring (bicyclic) bond motifs is 4. The van der Waals surface area contributed by atoms with Crippen molar-refractivity contribution in [3.8, 4) is 5.69 Å². The van der Waals surface area contributed by atoms with Gasteiger partial charge in [-0.05, 0) is 6.07 Å². The number of rotatable bonds is 0. The van der Waals surface area contributed by atoms with Crippen molar-refractivity contribution >= 4 is 10.9 Å². The predicted octanol–water partition coefficient (Wildman–Crippen LogP) is 1.74. The second-order valence-corrected chi connectivity index (χ2v) is 2.31. The Kier molecular flexibility index (Phi) is 0.374. The highest BCUT2D eigenvalue weighted by Crippen LogP contribution is 2.36. The molecule has 0 aliphatic carbocycles. The van der Waals surface area contributed by atoms with Crippen LogP contribution in [0.15, 0.2) is 24.3 Å². The van der Waals surface area contributed by atoms with Crippen molar-refractivity contribution in [1.82, 2.24) is 4.57 Å². The summed E-state index contributed by atoms with van der Waals surface area (Å²) in [5, 5.41) is 1.36. The zero-order chi connectivity index (χ0) is 5.84. The van der Waals surface area contributed by atoms with E-state index in [9.17, 15) is 0 Å². The maximum Gasteiger partial charge on any atom is 0.0976 e. The van der Waals surface area contributed by atoms with Gasteiger partial charge in [-0.2, -0.15) is 0 Å². The second kappa shape index (κ2) is 0.903. The van der Waals surface area contributed by atoms with Gasteiger partial charge in [0.2, 0.25) is 0 Å². The third-order valence-electron chi connectivity index (χ3n) is 1.79. The molecule has 1 heteroatoms. The molecule has 0 saturated carbocycles. The van der Waals surface area contributed by atoms with Crippen LogP contribution in [0.4, 0.5) is 0 Å². The van der Waals surface area contributed by atoms with Gasteiger partial charge in [0.25, 0.3) is 0 Å².